The molecule has 1 N–H and O–H groups in total. The van der Waals surface area contributed by atoms with Gasteiger partial charge in [-0.15, -0.1) is 0 Å². The summed E-state index contributed by atoms with van der Waals surface area (Å²) in [5.41, 5.74) is 0. The molecule has 2 nitrogen and oxygen atoms in total. The molecule has 0 saturated heterocycles. The number of rotatable bonds is 6. The Labute approximate surface area is 117 Å². The lowest BCUT2D eigenvalue weighted by Gasteiger charge is -2.34. The lowest BCUT2D eigenvalue weighted by Crippen LogP contribution is -2.41. The van der Waals surface area contributed by atoms with Crippen molar-refractivity contribution < 1.29 is 4.74 Å². The lowest BCUT2D eigenvalue weighted by atomic mass is 9.78. The fourth-order valence-electron chi connectivity index (χ4n) is 2.94. The summed E-state index contributed by atoms with van der Waals surface area (Å²) < 4.78 is 5.70. The topological polar surface area (TPSA) is 21.3 Å². The van der Waals surface area contributed by atoms with Crippen LogP contribution in [0.1, 0.15) is 39.5 Å². The number of benzene rings is 1. The molecular formula is C17H27NO. The third-order valence-electron chi connectivity index (χ3n) is 4.45. The molecule has 1 saturated carbocycles. The molecule has 1 aromatic rings. The fourth-order valence-corrected chi connectivity index (χ4v) is 2.94. The smallest absolute Gasteiger partial charge is 0.119 e. The van der Waals surface area contributed by atoms with E-state index in [9.17, 15) is 0 Å². The number of para-hydroxylation sites is 1. The average molecular weight is 261 g/mol. The van der Waals surface area contributed by atoms with E-state index >= 15 is 0 Å². The van der Waals surface area contributed by atoms with Crippen molar-refractivity contribution in [3.63, 3.8) is 0 Å². The molecule has 0 bridgehead atoms. The molecule has 1 aliphatic rings. The first kappa shape index (κ1) is 14.4. The van der Waals surface area contributed by atoms with Gasteiger partial charge in [0, 0.05) is 6.04 Å². The Bertz CT molecular complexity index is 352. The maximum absolute atomic E-state index is 5.70. The van der Waals surface area contributed by atoms with Gasteiger partial charge in [-0.2, -0.15) is 0 Å². The zero-order chi connectivity index (χ0) is 13.5. The molecule has 2 heteroatoms. The van der Waals surface area contributed by atoms with Crippen LogP contribution in [0.25, 0.3) is 0 Å². The van der Waals surface area contributed by atoms with Gasteiger partial charge in [0.05, 0.1) is 6.61 Å². The molecule has 0 aromatic heterocycles. The minimum absolute atomic E-state index is 0.709. The Kier molecular flexibility index (Phi) is 5.71. The Balaban J connectivity index is 1.59. The average Bonchev–Trinajstić information content (AvgIpc) is 2.44. The third-order valence-corrected chi connectivity index (χ3v) is 4.45. The van der Waals surface area contributed by atoms with E-state index in [0.717, 1.165) is 37.2 Å². The largest absolute Gasteiger partial charge is 0.494 e. The van der Waals surface area contributed by atoms with Crippen molar-refractivity contribution in [2.24, 2.45) is 11.8 Å². The second-order valence-corrected chi connectivity index (χ2v) is 5.84. The van der Waals surface area contributed by atoms with Gasteiger partial charge in [0.1, 0.15) is 5.75 Å². The van der Waals surface area contributed by atoms with Crippen molar-refractivity contribution in [3.8, 4) is 5.75 Å². The molecule has 2 rings (SSSR count). The first-order chi connectivity index (χ1) is 9.27. The molecule has 0 heterocycles. The highest BCUT2D eigenvalue weighted by Crippen LogP contribution is 2.29. The normalized spacial score (nSPS) is 27.2. The standard InChI is InChI=1S/C17H27NO/c1-14-8-6-11-17(15(14)2)18-12-7-13-19-16-9-4-3-5-10-16/h3-5,9-10,14-15,17-18H,6-8,11-13H2,1-2H3. The highest BCUT2D eigenvalue weighted by atomic mass is 16.5. The van der Waals surface area contributed by atoms with Crippen LogP contribution in [-0.4, -0.2) is 19.2 Å². The van der Waals surface area contributed by atoms with Crippen LogP contribution in [0.3, 0.4) is 0 Å². The van der Waals surface area contributed by atoms with E-state index in [2.05, 4.69) is 19.2 Å². The quantitative estimate of drug-likeness (QED) is 0.785. The maximum Gasteiger partial charge on any atom is 0.119 e. The first-order valence-corrected chi connectivity index (χ1v) is 7.68. The van der Waals surface area contributed by atoms with Gasteiger partial charge in [0.25, 0.3) is 0 Å². The molecule has 3 atom stereocenters. The van der Waals surface area contributed by atoms with Crippen LogP contribution < -0.4 is 10.1 Å². The predicted molar refractivity (Wildman–Crippen MR) is 80.5 cm³/mol. The molecule has 0 amide bonds. The Morgan fingerprint density at radius 1 is 1.16 bits per heavy atom. The van der Waals surface area contributed by atoms with E-state index in [1.165, 1.54) is 19.3 Å². The van der Waals surface area contributed by atoms with Gasteiger partial charge in [0.15, 0.2) is 0 Å². The van der Waals surface area contributed by atoms with Gasteiger partial charge in [-0.05, 0) is 43.4 Å². The van der Waals surface area contributed by atoms with Crippen LogP contribution in [0.2, 0.25) is 0 Å². The minimum atomic E-state index is 0.709. The van der Waals surface area contributed by atoms with Gasteiger partial charge < -0.3 is 10.1 Å². The van der Waals surface area contributed by atoms with Crippen LogP contribution in [0.5, 0.6) is 5.75 Å². The van der Waals surface area contributed by atoms with E-state index in [1.54, 1.807) is 0 Å². The van der Waals surface area contributed by atoms with Crippen molar-refractivity contribution in [2.75, 3.05) is 13.2 Å². The molecule has 0 spiro atoms. The SMILES string of the molecule is CC1CCCC(NCCCOc2ccccc2)C1C. The van der Waals surface area contributed by atoms with E-state index in [0.29, 0.717) is 6.04 Å². The predicted octanol–water partition coefficient (Wildman–Crippen LogP) is 3.87. The Hall–Kier alpha value is -1.02. The number of ether oxygens (including phenoxy) is 1. The summed E-state index contributed by atoms with van der Waals surface area (Å²) in [5.74, 6) is 2.65. The highest BCUT2D eigenvalue weighted by molar-refractivity contribution is 5.20. The van der Waals surface area contributed by atoms with Gasteiger partial charge in [-0.25, -0.2) is 0 Å². The van der Waals surface area contributed by atoms with Crippen molar-refractivity contribution in [2.45, 2.75) is 45.6 Å². The fraction of sp³-hybridized carbons (Fsp3) is 0.647. The monoisotopic (exact) mass is 261 g/mol. The summed E-state index contributed by atoms with van der Waals surface area (Å²) in [6.45, 7) is 6.64. The van der Waals surface area contributed by atoms with Crippen molar-refractivity contribution in [1.82, 2.24) is 5.32 Å². The maximum atomic E-state index is 5.70. The number of nitrogens with one attached hydrogen (secondary N) is 1. The summed E-state index contributed by atoms with van der Waals surface area (Å²) in [6, 6.07) is 10.8. The number of hydrogen-bond donors (Lipinski definition) is 1. The Morgan fingerprint density at radius 2 is 1.95 bits per heavy atom. The molecule has 0 aliphatic heterocycles. The van der Waals surface area contributed by atoms with Gasteiger partial charge in [0.2, 0.25) is 0 Å². The summed E-state index contributed by atoms with van der Waals surface area (Å²) >= 11 is 0. The van der Waals surface area contributed by atoms with Crippen LogP contribution in [0, 0.1) is 11.8 Å². The van der Waals surface area contributed by atoms with E-state index in [1.807, 2.05) is 30.3 Å². The molecule has 3 unspecified atom stereocenters. The molecule has 1 aromatic carbocycles. The van der Waals surface area contributed by atoms with Crippen LogP contribution >= 0.6 is 0 Å². The molecule has 0 radical (unpaired) electrons. The first-order valence-electron chi connectivity index (χ1n) is 7.68. The molecule has 1 aliphatic carbocycles. The second kappa shape index (κ2) is 7.54. The minimum Gasteiger partial charge on any atom is -0.494 e. The zero-order valence-corrected chi connectivity index (χ0v) is 12.3. The summed E-state index contributed by atoms with van der Waals surface area (Å²) in [6.07, 6.45) is 5.19. The van der Waals surface area contributed by atoms with Gasteiger partial charge >= 0.3 is 0 Å². The summed E-state index contributed by atoms with van der Waals surface area (Å²) in [4.78, 5) is 0. The van der Waals surface area contributed by atoms with Crippen LogP contribution in [-0.2, 0) is 0 Å². The van der Waals surface area contributed by atoms with Crippen molar-refractivity contribution in [1.29, 1.82) is 0 Å². The van der Waals surface area contributed by atoms with Crippen molar-refractivity contribution in [3.05, 3.63) is 30.3 Å². The van der Waals surface area contributed by atoms with Gasteiger partial charge in [-0.1, -0.05) is 44.9 Å². The van der Waals surface area contributed by atoms with E-state index in [4.69, 9.17) is 4.74 Å². The highest BCUT2D eigenvalue weighted by Gasteiger charge is 2.26. The van der Waals surface area contributed by atoms with Crippen LogP contribution in [0.4, 0.5) is 0 Å². The third kappa shape index (κ3) is 4.54. The molecule has 19 heavy (non-hydrogen) atoms. The zero-order valence-electron chi connectivity index (χ0n) is 12.3. The summed E-state index contributed by atoms with van der Waals surface area (Å²) in [7, 11) is 0. The van der Waals surface area contributed by atoms with Crippen molar-refractivity contribution >= 4 is 0 Å². The van der Waals surface area contributed by atoms with Crippen LogP contribution in [0.15, 0.2) is 30.3 Å². The molecule has 106 valence electrons. The summed E-state index contributed by atoms with van der Waals surface area (Å²) in [5, 5.41) is 3.71. The molecular weight excluding hydrogens is 234 g/mol. The Morgan fingerprint density at radius 3 is 2.74 bits per heavy atom. The van der Waals surface area contributed by atoms with E-state index in [-0.39, 0.29) is 0 Å². The second-order valence-electron chi connectivity index (χ2n) is 5.84. The van der Waals surface area contributed by atoms with Gasteiger partial charge in [-0.3, -0.25) is 0 Å². The van der Waals surface area contributed by atoms with E-state index < -0.39 is 0 Å². The molecule has 1 fully saturated rings. The lowest BCUT2D eigenvalue weighted by molar-refractivity contribution is 0.203. The number of hydrogen-bond acceptors (Lipinski definition) is 2.